The first-order valence-corrected chi connectivity index (χ1v) is 7.58. The van der Waals surface area contributed by atoms with Gasteiger partial charge in [0.25, 0.3) is 5.91 Å². The van der Waals surface area contributed by atoms with Crippen molar-refractivity contribution >= 4 is 5.91 Å². The molecular formula is C18H20N2O2. The third-order valence-corrected chi connectivity index (χ3v) is 3.99. The van der Waals surface area contributed by atoms with Crippen molar-refractivity contribution in [1.29, 1.82) is 0 Å². The van der Waals surface area contributed by atoms with Gasteiger partial charge >= 0.3 is 0 Å². The van der Waals surface area contributed by atoms with Gasteiger partial charge < -0.3 is 15.4 Å². The van der Waals surface area contributed by atoms with Crippen molar-refractivity contribution in [3.63, 3.8) is 0 Å². The minimum Gasteiger partial charge on any atom is -0.457 e. The Balaban J connectivity index is 1.65. The van der Waals surface area contributed by atoms with E-state index in [1.54, 1.807) is 0 Å². The summed E-state index contributed by atoms with van der Waals surface area (Å²) in [6, 6.07) is 16.9. The largest absolute Gasteiger partial charge is 0.457 e. The number of carbonyl (C=O) groups is 1. The molecule has 0 saturated carbocycles. The number of hydrogen-bond donors (Lipinski definition) is 1. The number of para-hydroxylation sites is 1. The first kappa shape index (κ1) is 14.6. The van der Waals surface area contributed by atoms with Gasteiger partial charge in [-0.25, -0.2) is 0 Å². The zero-order valence-corrected chi connectivity index (χ0v) is 12.4. The fourth-order valence-electron chi connectivity index (χ4n) is 2.68. The third-order valence-electron chi connectivity index (χ3n) is 3.99. The maximum atomic E-state index is 12.4. The van der Waals surface area contributed by atoms with E-state index < -0.39 is 0 Å². The molecule has 4 nitrogen and oxygen atoms in total. The van der Waals surface area contributed by atoms with Crippen LogP contribution in [0.2, 0.25) is 0 Å². The highest BCUT2D eigenvalue weighted by molar-refractivity contribution is 5.94. The van der Waals surface area contributed by atoms with Gasteiger partial charge in [-0.05, 0) is 55.3 Å². The van der Waals surface area contributed by atoms with Crippen LogP contribution in [0.5, 0.6) is 11.5 Å². The predicted octanol–water partition coefficient (Wildman–Crippen LogP) is 2.90. The van der Waals surface area contributed by atoms with Crippen molar-refractivity contribution in [1.82, 2.24) is 4.90 Å². The molecule has 0 bridgehead atoms. The highest BCUT2D eigenvalue weighted by Gasteiger charge is 2.25. The summed E-state index contributed by atoms with van der Waals surface area (Å²) in [7, 11) is 0. The van der Waals surface area contributed by atoms with Crippen molar-refractivity contribution in [2.75, 3.05) is 19.6 Å². The number of nitrogens with two attached hydrogens (primary N) is 1. The maximum Gasteiger partial charge on any atom is 0.253 e. The van der Waals surface area contributed by atoms with E-state index in [1.165, 1.54) is 0 Å². The normalized spacial score (nSPS) is 17.5. The summed E-state index contributed by atoms with van der Waals surface area (Å²) in [6.45, 7) is 2.20. The van der Waals surface area contributed by atoms with Gasteiger partial charge in [0.15, 0.2) is 0 Å². The predicted molar refractivity (Wildman–Crippen MR) is 86.0 cm³/mol. The summed E-state index contributed by atoms with van der Waals surface area (Å²) in [5.41, 5.74) is 6.37. The van der Waals surface area contributed by atoms with Gasteiger partial charge in [0.2, 0.25) is 0 Å². The molecule has 2 aromatic rings. The summed E-state index contributed by atoms with van der Waals surface area (Å²) in [4.78, 5) is 14.3. The van der Waals surface area contributed by atoms with Crippen LogP contribution in [-0.2, 0) is 0 Å². The van der Waals surface area contributed by atoms with Crippen LogP contribution in [0, 0.1) is 5.92 Å². The topological polar surface area (TPSA) is 55.6 Å². The van der Waals surface area contributed by atoms with Gasteiger partial charge in [-0.3, -0.25) is 4.79 Å². The highest BCUT2D eigenvalue weighted by Crippen LogP contribution is 2.23. The average molecular weight is 296 g/mol. The number of benzene rings is 2. The summed E-state index contributed by atoms with van der Waals surface area (Å²) in [6.07, 6.45) is 0.997. The molecule has 2 N–H and O–H groups in total. The lowest BCUT2D eigenvalue weighted by Gasteiger charge is -2.16. The lowest BCUT2D eigenvalue weighted by molar-refractivity contribution is 0.0787. The number of carbonyl (C=O) groups excluding carboxylic acids is 1. The molecule has 1 atom stereocenters. The number of ether oxygens (including phenoxy) is 1. The minimum atomic E-state index is 0.0715. The number of likely N-dealkylation sites (tertiary alicyclic amines) is 1. The zero-order chi connectivity index (χ0) is 15.4. The maximum absolute atomic E-state index is 12.4. The van der Waals surface area contributed by atoms with E-state index in [-0.39, 0.29) is 5.91 Å². The van der Waals surface area contributed by atoms with E-state index in [0.717, 1.165) is 31.0 Å². The molecule has 1 saturated heterocycles. The molecule has 114 valence electrons. The molecule has 3 rings (SSSR count). The van der Waals surface area contributed by atoms with Gasteiger partial charge in [-0.2, -0.15) is 0 Å². The van der Waals surface area contributed by atoms with E-state index in [9.17, 15) is 4.79 Å². The van der Waals surface area contributed by atoms with Gasteiger partial charge in [0, 0.05) is 18.7 Å². The summed E-state index contributed by atoms with van der Waals surface area (Å²) >= 11 is 0. The molecule has 4 heteroatoms. The van der Waals surface area contributed by atoms with E-state index in [0.29, 0.717) is 18.0 Å². The van der Waals surface area contributed by atoms with Crippen LogP contribution in [0.4, 0.5) is 0 Å². The third kappa shape index (κ3) is 3.28. The molecule has 22 heavy (non-hydrogen) atoms. The van der Waals surface area contributed by atoms with Crippen LogP contribution in [0.3, 0.4) is 0 Å². The molecule has 2 aromatic carbocycles. The Hall–Kier alpha value is -2.33. The van der Waals surface area contributed by atoms with E-state index >= 15 is 0 Å². The van der Waals surface area contributed by atoms with Gasteiger partial charge in [-0.15, -0.1) is 0 Å². The Morgan fingerprint density at radius 2 is 1.77 bits per heavy atom. The summed E-state index contributed by atoms with van der Waals surface area (Å²) in [5.74, 6) is 2.02. The van der Waals surface area contributed by atoms with Crippen molar-refractivity contribution in [2.24, 2.45) is 11.7 Å². The highest BCUT2D eigenvalue weighted by atomic mass is 16.5. The van der Waals surface area contributed by atoms with Crippen molar-refractivity contribution in [3.05, 3.63) is 60.2 Å². The Kier molecular flexibility index (Phi) is 4.39. The van der Waals surface area contributed by atoms with Crippen LogP contribution in [0.1, 0.15) is 16.8 Å². The molecule has 0 aliphatic carbocycles. The van der Waals surface area contributed by atoms with Gasteiger partial charge in [0.1, 0.15) is 11.5 Å². The molecule has 0 spiro atoms. The fraction of sp³-hybridized carbons (Fsp3) is 0.278. The number of hydrogen-bond acceptors (Lipinski definition) is 3. The SMILES string of the molecule is NCC1CCN(C(=O)c2ccc(Oc3ccccc3)cc2)C1. The van der Waals surface area contributed by atoms with Crippen molar-refractivity contribution < 1.29 is 9.53 Å². The van der Waals surface area contributed by atoms with Crippen LogP contribution >= 0.6 is 0 Å². The molecule has 1 unspecified atom stereocenters. The van der Waals surface area contributed by atoms with E-state index in [1.807, 2.05) is 59.5 Å². The molecule has 1 amide bonds. The lowest BCUT2D eigenvalue weighted by atomic mass is 10.1. The lowest BCUT2D eigenvalue weighted by Crippen LogP contribution is -2.29. The molecule has 1 aliphatic heterocycles. The Bertz CT molecular complexity index is 625. The average Bonchev–Trinajstić information content (AvgIpc) is 3.05. The van der Waals surface area contributed by atoms with Crippen LogP contribution in [-0.4, -0.2) is 30.4 Å². The second kappa shape index (κ2) is 6.62. The zero-order valence-electron chi connectivity index (χ0n) is 12.4. The molecule has 1 aliphatic rings. The van der Waals surface area contributed by atoms with Gasteiger partial charge in [-0.1, -0.05) is 18.2 Å². The quantitative estimate of drug-likeness (QED) is 0.944. The van der Waals surface area contributed by atoms with Crippen molar-refractivity contribution in [3.8, 4) is 11.5 Å². The Labute approximate surface area is 130 Å². The second-order valence-corrected chi connectivity index (χ2v) is 5.58. The van der Waals surface area contributed by atoms with Crippen LogP contribution in [0.15, 0.2) is 54.6 Å². The monoisotopic (exact) mass is 296 g/mol. The Morgan fingerprint density at radius 1 is 1.09 bits per heavy atom. The van der Waals surface area contributed by atoms with E-state index in [2.05, 4.69) is 0 Å². The standard InChI is InChI=1S/C18H20N2O2/c19-12-14-10-11-20(13-14)18(21)15-6-8-17(9-7-15)22-16-4-2-1-3-5-16/h1-9,14H,10-13,19H2. The minimum absolute atomic E-state index is 0.0715. The molecule has 0 aromatic heterocycles. The number of nitrogens with zero attached hydrogens (tertiary/aromatic N) is 1. The smallest absolute Gasteiger partial charge is 0.253 e. The first-order chi connectivity index (χ1) is 10.8. The molecule has 0 radical (unpaired) electrons. The summed E-state index contributed by atoms with van der Waals surface area (Å²) in [5, 5.41) is 0. The molecular weight excluding hydrogens is 276 g/mol. The second-order valence-electron chi connectivity index (χ2n) is 5.58. The molecule has 1 fully saturated rings. The number of rotatable bonds is 4. The Morgan fingerprint density at radius 3 is 2.41 bits per heavy atom. The molecule has 1 heterocycles. The van der Waals surface area contributed by atoms with Crippen LogP contribution < -0.4 is 10.5 Å². The van der Waals surface area contributed by atoms with Gasteiger partial charge in [0.05, 0.1) is 0 Å². The number of amides is 1. The van der Waals surface area contributed by atoms with Crippen molar-refractivity contribution in [2.45, 2.75) is 6.42 Å². The fourth-order valence-corrected chi connectivity index (χ4v) is 2.68. The summed E-state index contributed by atoms with van der Waals surface area (Å²) < 4.78 is 5.73. The van der Waals surface area contributed by atoms with E-state index in [4.69, 9.17) is 10.5 Å². The first-order valence-electron chi connectivity index (χ1n) is 7.58. The van der Waals surface area contributed by atoms with Crippen LogP contribution in [0.25, 0.3) is 0 Å².